The predicted molar refractivity (Wildman–Crippen MR) is 118 cm³/mol. The lowest BCUT2D eigenvalue weighted by molar-refractivity contribution is 0.0293. The average molecular weight is 432 g/mol. The molecule has 3 heterocycles. The summed E-state index contributed by atoms with van der Waals surface area (Å²) in [6.07, 6.45) is 1.90. The largest absolute Gasteiger partial charge is 0.444 e. The highest BCUT2D eigenvalue weighted by atomic mass is 16.6. The highest BCUT2D eigenvalue weighted by molar-refractivity contribution is 5.96. The molecule has 2 aromatic heterocycles. The van der Waals surface area contributed by atoms with Crippen LogP contribution in [0.1, 0.15) is 65.5 Å². The van der Waals surface area contributed by atoms with Gasteiger partial charge in [-0.2, -0.15) is 0 Å². The molecule has 3 rings (SSSR count). The van der Waals surface area contributed by atoms with Crippen LogP contribution in [0.3, 0.4) is 0 Å². The molecule has 10 nitrogen and oxygen atoms in total. The first-order valence-corrected chi connectivity index (χ1v) is 10.7. The maximum Gasteiger partial charge on any atom is 0.410 e. The summed E-state index contributed by atoms with van der Waals surface area (Å²) in [6.45, 7) is 14.9. The normalized spacial score (nSPS) is 17.1. The molecule has 1 aliphatic heterocycles. The van der Waals surface area contributed by atoms with Gasteiger partial charge in [0.25, 0.3) is 5.91 Å². The van der Waals surface area contributed by atoms with E-state index in [0.717, 1.165) is 6.42 Å². The van der Waals surface area contributed by atoms with Gasteiger partial charge >= 0.3 is 6.09 Å². The number of carbonyl (C=O) groups is 2. The molecule has 10 heteroatoms. The Labute approximate surface area is 182 Å². The summed E-state index contributed by atoms with van der Waals surface area (Å²) < 4.78 is 7.25. The van der Waals surface area contributed by atoms with Gasteiger partial charge in [0.05, 0.1) is 0 Å². The Morgan fingerprint density at radius 3 is 2.52 bits per heavy atom. The van der Waals surface area contributed by atoms with Crippen molar-refractivity contribution in [3.05, 3.63) is 12.2 Å². The van der Waals surface area contributed by atoms with E-state index in [1.807, 2.05) is 48.5 Å². The summed E-state index contributed by atoms with van der Waals surface area (Å²) in [5, 5.41) is 6.33. The zero-order chi connectivity index (χ0) is 23.0. The van der Waals surface area contributed by atoms with Crippen LogP contribution in [-0.2, 0) is 11.3 Å². The third-order valence-corrected chi connectivity index (χ3v) is 4.72. The van der Waals surface area contributed by atoms with Gasteiger partial charge in [-0.3, -0.25) is 4.79 Å². The number of likely N-dealkylation sites (tertiary alicyclic amines) is 1. The van der Waals surface area contributed by atoms with E-state index in [1.54, 1.807) is 9.47 Å². The van der Waals surface area contributed by atoms with E-state index in [2.05, 4.69) is 25.6 Å². The van der Waals surface area contributed by atoms with Gasteiger partial charge in [-0.05, 0) is 54.9 Å². The van der Waals surface area contributed by atoms with Gasteiger partial charge in [-0.15, -0.1) is 0 Å². The summed E-state index contributed by atoms with van der Waals surface area (Å²) in [4.78, 5) is 40.1. The van der Waals surface area contributed by atoms with Crippen molar-refractivity contribution in [2.45, 2.75) is 78.6 Å². The van der Waals surface area contributed by atoms with Crippen LogP contribution in [0, 0.1) is 0 Å². The minimum Gasteiger partial charge on any atom is -0.444 e. The molecule has 2 aromatic rings. The monoisotopic (exact) mass is 431 g/mol. The third-order valence-electron chi connectivity index (χ3n) is 4.72. The number of fused-ring (bicyclic) bond motifs is 1. The molecule has 0 spiro atoms. The van der Waals surface area contributed by atoms with Crippen LogP contribution in [0.15, 0.2) is 6.33 Å². The summed E-state index contributed by atoms with van der Waals surface area (Å²) >= 11 is 0. The van der Waals surface area contributed by atoms with E-state index in [-0.39, 0.29) is 23.6 Å². The van der Waals surface area contributed by atoms with Gasteiger partial charge in [-0.1, -0.05) is 0 Å². The number of nitrogens with zero attached hydrogens (tertiary/aromatic N) is 5. The lowest BCUT2D eigenvalue weighted by Crippen LogP contribution is -2.41. The molecule has 0 aliphatic carbocycles. The predicted octanol–water partition coefficient (Wildman–Crippen LogP) is 2.80. The number of aromatic nitrogens is 4. The topological polar surface area (TPSA) is 114 Å². The fraction of sp³-hybridized carbons (Fsp3) is 0.667. The Bertz CT molecular complexity index is 972. The van der Waals surface area contributed by atoms with Gasteiger partial charge in [-0.25, -0.2) is 19.7 Å². The highest BCUT2D eigenvalue weighted by Crippen LogP contribution is 2.24. The van der Waals surface area contributed by atoms with Crippen molar-refractivity contribution in [3.8, 4) is 0 Å². The van der Waals surface area contributed by atoms with E-state index < -0.39 is 5.60 Å². The minimum absolute atomic E-state index is 0.00393. The summed E-state index contributed by atoms with van der Waals surface area (Å²) in [5.74, 6) is 0.603. The molecule has 0 radical (unpaired) electrons. The molecule has 1 saturated heterocycles. The van der Waals surface area contributed by atoms with Crippen LogP contribution in [0.5, 0.6) is 0 Å². The first-order valence-electron chi connectivity index (χ1n) is 10.7. The first-order chi connectivity index (χ1) is 14.4. The van der Waals surface area contributed by atoms with Crippen LogP contribution in [0.25, 0.3) is 11.2 Å². The lowest BCUT2D eigenvalue weighted by atomic mass is 10.1. The standard InChI is InChI=1S/C21H33N7O3/c1-8-28-16-14(25-17(28)18(29)26-20(2,3)4)15(22-12-23-16)24-13-9-10-27(11-13)19(30)31-21(5,6)7/h12-13H,8-11H2,1-7H3,(H,26,29)(H,22,23,24)/t13-/m0/s1. The molecular weight excluding hydrogens is 398 g/mol. The molecular formula is C21H33N7O3. The highest BCUT2D eigenvalue weighted by Gasteiger charge is 2.31. The number of hydrogen-bond acceptors (Lipinski definition) is 7. The fourth-order valence-corrected chi connectivity index (χ4v) is 3.48. The maximum atomic E-state index is 12.8. The van der Waals surface area contributed by atoms with E-state index in [4.69, 9.17) is 4.74 Å². The molecule has 0 unspecified atom stereocenters. The Kier molecular flexibility index (Phi) is 6.11. The molecule has 1 fully saturated rings. The van der Waals surface area contributed by atoms with Gasteiger partial charge in [0.15, 0.2) is 17.0 Å². The van der Waals surface area contributed by atoms with E-state index in [9.17, 15) is 9.59 Å². The molecule has 31 heavy (non-hydrogen) atoms. The number of amides is 2. The number of aryl methyl sites for hydroxylation is 1. The van der Waals surface area contributed by atoms with Gasteiger partial charge in [0.2, 0.25) is 5.82 Å². The van der Waals surface area contributed by atoms with Crippen molar-refractivity contribution in [3.63, 3.8) is 0 Å². The summed E-state index contributed by atoms with van der Waals surface area (Å²) in [5.41, 5.74) is 0.230. The average Bonchev–Trinajstić information content (AvgIpc) is 3.23. The van der Waals surface area contributed by atoms with Crippen molar-refractivity contribution < 1.29 is 14.3 Å². The van der Waals surface area contributed by atoms with Crippen molar-refractivity contribution >= 4 is 29.0 Å². The SMILES string of the molecule is CCn1c(C(=O)NC(C)(C)C)nc2c(N[C@H]3CCN(C(=O)OC(C)(C)C)C3)ncnc21. The number of rotatable bonds is 4. The number of hydrogen-bond donors (Lipinski definition) is 2. The number of nitrogens with one attached hydrogen (secondary N) is 2. The van der Waals surface area contributed by atoms with Crippen LogP contribution >= 0.6 is 0 Å². The number of ether oxygens (including phenoxy) is 1. The smallest absolute Gasteiger partial charge is 0.410 e. The Hall–Kier alpha value is -2.91. The minimum atomic E-state index is -0.529. The number of anilines is 1. The Balaban J connectivity index is 1.81. The van der Waals surface area contributed by atoms with Crippen molar-refractivity contribution in [2.24, 2.45) is 0 Å². The molecule has 2 N–H and O–H groups in total. The van der Waals surface area contributed by atoms with Crippen LogP contribution in [-0.4, -0.2) is 66.7 Å². The van der Waals surface area contributed by atoms with E-state index in [1.165, 1.54) is 6.33 Å². The zero-order valence-corrected chi connectivity index (χ0v) is 19.4. The second-order valence-corrected chi connectivity index (χ2v) is 9.83. The first kappa shape index (κ1) is 22.8. The van der Waals surface area contributed by atoms with Crippen molar-refractivity contribution in [1.29, 1.82) is 0 Å². The van der Waals surface area contributed by atoms with Crippen molar-refractivity contribution in [1.82, 2.24) is 29.7 Å². The van der Waals surface area contributed by atoms with Crippen LogP contribution < -0.4 is 10.6 Å². The van der Waals surface area contributed by atoms with Crippen LogP contribution in [0.2, 0.25) is 0 Å². The quantitative estimate of drug-likeness (QED) is 0.765. The lowest BCUT2D eigenvalue weighted by Gasteiger charge is -2.24. The van der Waals surface area contributed by atoms with E-state index in [0.29, 0.717) is 42.4 Å². The van der Waals surface area contributed by atoms with E-state index >= 15 is 0 Å². The Morgan fingerprint density at radius 2 is 1.90 bits per heavy atom. The Morgan fingerprint density at radius 1 is 1.19 bits per heavy atom. The molecule has 170 valence electrons. The summed E-state index contributed by atoms with van der Waals surface area (Å²) in [7, 11) is 0. The van der Waals surface area contributed by atoms with Gasteiger partial charge in [0.1, 0.15) is 11.9 Å². The third kappa shape index (κ3) is 5.42. The summed E-state index contributed by atoms with van der Waals surface area (Å²) in [6, 6.07) is 0.00393. The fourth-order valence-electron chi connectivity index (χ4n) is 3.48. The second kappa shape index (κ2) is 8.32. The van der Waals surface area contributed by atoms with Crippen molar-refractivity contribution in [2.75, 3.05) is 18.4 Å². The van der Waals surface area contributed by atoms with Gasteiger partial charge in [0, 0.05) is 31.2 Å². The molecule has 2 amide bonds. The second-order valence-electron chi connectivity index (χ2n) is 9.83. The molecule has 1 aliphatic rings. The number of carbonyl (C=O) groups excluding carboxylic acids is 2. The molecule has 0 aromatic carbocycles. The maximum absolute atomic E-state index is 12.8. The zero-order valence-electron chi connectivity index (χ0n) is 19.4. The van der Waals surface area contributed by atoms with Crippen LogP contribution in [0.4, 0.5) is 10.6 Å². The number of imidazole rings is 1. The molecule has 1 atom stereocenters. The molecule has 0 bridgehead atoms. The molecule has 0 saturated carbocycles. The van der Waals surface area contributed by atoms with Gasteiger partial charge < -0.3 is 24.8 Å².